The van der Waals surface area contributed by atoms with Crippen LogP contribution in [-0.2, 0) is 6.61 Å². The van der Waals surface area contributed by atoms with E-state index in [1.165, 1.54) is 11.2 Å². The topological polar surface area (TPSA) is 105 Å². The Morgan fingerprint density at radius 1 is 1.17 bits per heavy atom. The minimum atomic E-state index is -0.950. The maximum atomic E-state index is 12.5. The molecule has 1 amide bonds. The SMILES string of the molecule is COc1ccc2ccc(OCc3nc(C(=O)N4CC[C@H](O)[C@@H](O)C4)co3)cc2c1. The Kier molecular flexibility index (Phi) is 5.37. The molecule has 2 heterocycles. The van der Waals surface area contributed by atoms with E-state index in [0.29, 0.717) is 18.7 Å². The monoisotopic (exact) mass is 398 g/mol. The third-order valence-electron chi connectivity index (χ3n) is 4.99. The van der Waals surface area contributed by atoms with Crippen LogP contribution in [-0.4, -0.2) is 58.4 Å². The van der Waals surface area contributed by atoms with E-state index in [4.69, 9.17) is 13.9 Å². The first-order valence-electron chi connectivity index (χ1n) is 9.34. The summed E-state index contributed by atoms with van der Waals surface area (Å²) >= 11 is 0. The minimum absolute atomic E-state index is 0.0687. The number of aliphatic hydroxyl groups is 2. The predicted molar refractivity (Wildman–Crippen MR) is 104 cm³/mol. The molecule has 3 aromatic rings. The van der Waals surface area contributed by atoms with Crippen molar-refractivity contribution in [3.8, 4) is 11.5 Å². The molecule has 1 aliphatic rings. The number of carbonyl (C=O) groups is 1. The number of benzene rings is 2. The number of fused-ring (bicyclic) bond motifs is 1. The number of hydrogen-bond acceptors (Lipinski definition) is 7. The molecule has 1 aliphatic heterocycles. The van der Waals surface area contributed by atoms with Crippen LogP contribution in [0.4, 0.5) is 0 Å². The predicted octanol–water partition coefficient (Wildman–Crippen LogP) is 1.98. The van der Waals surface area contributed by atoms with Gasteiger partial charge >= 0.3 is 0 Å². The number of carbonyl (C=O) groups excluding carboxylic acids is 1. The van der Waals surface area contributed by atoms with Crippen LogP contribution >= 0.6 is 0 Å². The van der Waals surface area contributed by atoms with Gasteiger partial charge in [-0.15, -0.1) is 0 Å². The van der Waals surface area contributed by atoms with Gasteiger partial charge in [-0.3, -0.25) is 4.79 Å². The Bertz CT molecular complexity index is 1020. The average molecular weight is 398 g/mol. The molecule has 2 aromatic carbocycles. The Labute approximate surface area is 167 Å². The van der Waals surface area contributed by atoms with Crippen LogP contribution < -0.4 is 9.47 Å². The van der Waals surface area contributed by atoms with Crippen molar-refractivity contribution >= 4 is 16.7 Å². The number of hydrogen-bond donors (Lipinski definition) is 2. The maximum Gasteiger partial charge on any atom is 0.275 e. The second-order valence-electron chi connectivity index (χ2n) is 6.96. The fourth-order valence-electron chi connectivity index (χ4n) is 3.31. The third-order valence-corrected chi connectivity index (χ3v) is 4.99. The number of aromatic nitrogens is 1. The molecule has 8 nitrogen and oxygen atoms in total. The van der Waals surface area contributed by atoms with Gasteiger partial charge in [0.25, 0.3) is 5.91 Å². The zero-order chi connectivity index (χ0) is 20.4. The molecule has 0 unspecified atom stereocenters. The van der Waals surface area contributed by atoms with Crippen LogP contribution in [0.25, 0.3) is 10.8 Å². The summed E-state index contributed by atoms with van der Waals surface area (Å²) in [5.41, 5.74) is 0.149. The van der Waals surface area contributed by atoms with Gasteiger partial charge in [-0.05, 0) is 41.5 Å². The highest BCUT2D eigenvalue weighted by molar-refractivity contribution is 5.92. The van der Waals surface area contributed by atoms with Gasteiger partial charge in [-0.1, -0.05) is 12.1 Å². The van der Waals surface area contributed by atoms with E-state index in [9.17, 15) is 15.0 Å². The summed E-state index contributed by atoms with van der Waals surface area (Å²) < 4.78 is 16.4. The number of oxazole rings is 1. The first kappa shape index (κ1) is 19.2. The molecule has 0 aliphatic carbocycles. The Morgan fingerprint density at radius 2 is 1.93 bits per heavy atom. The van der Waals surface area contributed by atoms with Gasteiger partial charge in [-0.25, -0.2) is 4.98 Å². The van der Waals surface area contributed by atoms with Crippen molar-refractivity contribution in [3.63, 3.8) is 0 Å². The molecule has 29 heavy (non-hydrogen) atoms. The molecule has 152 valence electrons. The first-order valence-corrected chi connectivity index (χ1v) is 9.34. The van der Waals surface area contributed by atoms with Crippen LogP contribution in [0.15, 0.2) is 47.1 Å². The molecule has 0 radical (unpaired) electrons. The largest absolute Gasteiger partial charge is 0.497 e. The zero-order valence-corrected chi connectivity index (χ0v) is 15.9. The molecule has 1 aromatic heterocycles. The molecule has 2 atom stereocenters. The molecular weight excluding hydrogens is 376 g/mol. The molecule has 1 saturated heterocycles. The summed E-state index contributed by atoms with van der Waals surface area (Å²) in [7, 11) is 1.62. The summed E-state index contributed by atoms with van der Waals surface area (Å²) in [5.74, 6) is 1.34. The van der Waals surface area contributed by atoms with E-state index in [-0.39, 0.29) is 30.6 Å². The van der Waals surface area contributed by atoms with Gasteiger partial charge in [0.1, 0.15) is 17.8 Å². The number of β-amino-alcohol motifs (C(OH)–C–C–N with tert-alkyl or cyclic N) is 1. The van der Waals surface area contributed by atoms with Crippen molar-refractivity contribution in [3.05, 3.63) is 54.2 Å². The van der Waals surface area contributed by atoms with Gasteiger partial charge < -0.3 is 29.0 Å². The van der Waals surface area contributed by atoms with Crippen LogP contribution in [0, 0.1) is 0 Å². The molecule has 0 saturated carbocycles. The van der Waals surface area contributed by atoms with Crippen molar-refractivity contribution in [1.29, 1.82) is 0 Å². The van der Waals surface area contributed by atoms with Crippen LogP contribution in [0.2, 0.25) is 0 Å². The molecule has 4 rings (SSSR count). The van der Waals surface area contributed by atoms with Crippen LogP contribution in [0.3, 0.4) is 0 Å². The summed E-state index contributed by atoms with van der Waals surface area (Å²) in [6.45, 7) is 0.500. The van der Waals surface area contributed by atoms with Gasteiger partial charge in [-0.2, -0.15) is 0 Å². The van der Waals surface area contributed by atoms with E-state index in [1.54, 1.807) is 7.11 Å². The fraction of sp³-hybridized carbons (Fsp3) is 0.333. The number of aliphatic hydroxyl groups excluding tert-OH is 2. The van der Waals surface area contributed by atoms with Crippen molar-refractivity contribution < 1.29 is 28.9 Å². The maximum absolute atomic E-state index is 12.5. The fourth-order valence-corrected chi connectivity index (χ4v) is 3.31. The lowest BCUT2D eigenvalue weighted by Crippen LogP contribution is -2.49. The normalized spacial score (nSPS) is 19.3. The highest BCUT2D eigenvalue weighted by Crippen LogP contribution is 2.25. The van der Waals surface area contributed by atoms with E-state index in [2.05, 4.69) is 4.98 Å². The van der Waals surface area contributed by atoms with E-state index < -0.39 is 12.2 Å². The number of piperidine rings is 1. The number of rotatable bonds is 5. The highest BCUT2D eigenvalue weighted by Gasteiger charge is 2.30. The van der Waals surface area contributed by atoms with Crippen molar-refractivity contribution in [1.82, 2.24) is 9.88 Å². The number of methoxy groups -OCH3 is 1. The molecule has 1 fully saturated rings. The lowest BCUT2D eigenvalue weighted by atomic mass is 10.0. The van der Waals surface area contributed by atoms with Gasteiger partial charge in [0, 0.05) is 13.1 Å². The average Bonchev–Trinajstić information content (AvgIpc) is 3.22. The molecular formula is C21H22N2O6. The van der Waals surface area contributed by atoms with Crippen LogP contribution in [0.1, 0.15) is 22.8 Å². The number of likely N-dealkylation sites (tertiary alicyclic amines) is 1. The van der Waals surface area contributed by atoms with Crippen molar-refractivity contribution in [2.24, 2.45) is 0 Å². The smallest absolute Gasteiger partial charge is 0.275 e. The summed E-state index contributed by atoms with van der Waals surface area (Å²) in [4.78, 5) is 18.1. The van der Waals surface area contributed by atoms with Crippen LogP contribution in [0.5, 0.6) is 11.5 Å². The van der Waals surface area contributed by atoms with E-state index >= 15 is 0 Å². The van der Waals surface area contributed by atoms with Crippen molar-refractivity contribution in [2.75, 3.05) is 20.2 Å². The lowest BCUT2D eigenvalue weighted by Gasteiger charge is -2.32. The molecule has 0 bridgehead atoms. The molecule has 2 N–H and O–H groups in total. The molecule has 0 spiro atoms. The number of ether oxygens (including phenoxy) is 2. The summed E-state index contributed by atoms with van der Waals surface area (Å²) in [6.07, 6.45) is -0.145. The lowest BCUT2D eigenvalue weighted by molar-refractivity contribution is -0.0323. The second kappa shape index (κ2) is 8.10. The quantitative estimate of drug-likeness (QED) is 0.677. The summed E-state index contributed by atoms with van der Waals surface area (Å²) in [6, 6.07) is 11.5. The zero-order valence-electron chi connectivity index (χ0n) is 15.9. The third kappa shape index (κ3) is 4.18. The van der Waals surface area contributed by atoms with Gasteiger partial charge in [0.15, 0.2) is 12.3 Å². The number of nitrogens with zero attached hydrogens (tertiary/aromatic N) is 2. The minimum Gasteiger partial charge on any atom is -0.497 e. The second-order valence-corrected chi connectivity index (χ2v) is 6.96. The first-order chi connectivity index (χ1) is 14.0. The molecule has 8 heteroatoms. The van der Waals surface area contributed by atoms with E-state index in [0.717, 1.165) is 16.5 Å². The Morgan fingerprint density at radius 3 is 2.69 bits per heavy atom. The standard InChI is InChI=1S/C21H22N2O6/c1-27-15-4-2-13-3-5-16(9-14(13)8-15)28-12-20-22-17(11-29-20)21(26)23-7-6-18(24)19(25)10-23/h2-5,8-9,11,18-19,24-25H,6-7,10,12H2,1H3/t18-,19-/m0/s1. The van der Waals surface area contributed by atoms with Gasteiger partial charge in [0.05, 0.1) is 19.3 Å². The number of amides is 1. The highest BCUT2D eigenvalue weighted by atomic mass is 16.5. The van der Waals surface area contributed by atoms with E-state index in [1.807, 2.05) is 36.4 Å². The van der Waals surface area contributed by atoms with Gasteiger partial charge in [0.2, 0.25) is 5.89 Å². The Hall–Kier alpha value is -3.10. The summed E-state index contributed by atoms with van der Waals surface area (Å²) in [5, 5.41) is 21.4. The Balaban J connectivity index is 1.40. The van der Waals surface area contributed by atoms with Crippen molar-refractivity contribution in [2.45, 2.75) is 25.2 Å².